The Labute approximate surface area is 109 Å². The molecule has 0 saturated heterocycles. The number of aromatic nitrogens is 1. The molecular weight excluding hydrogens is 250 g/mol. The molecule has 0 aliphatic carbocycles. The van der Waals surface area contributed by atoms with Gasteiger partial charge < -0.3 is 9.72 Å². The van der Waals surface area contributed by atoms with Crippen molar-refractivity contribution in [3.05, 3.63) is 45.4 Å². The van der Waals surface area contributed by atoms with Crippen molar-refractivity contribution in [2.45, 2.75) is 13.8 Å². The zero-order valence-electron chi connectivity index (χ0n) is 10.1. The highest BCUT2D eigenvalue weighted by atomic mass is 32.1. The van der Waals surface area contributed by atoms with Crippen LogP contribution >= 0.6 is 11.3 Å². The zero-order chi connectivity index (χ0) is 13.1. The number of esters is 1. The van der Waals surface area contributed by atoms with Gasteiger partial charge in [0.1, 0.15) is 0 Å². The van der Waals surface area contributed by atoms with Crippen molar-refractivity contribution in [2.75, 3.05) is 6.61 Å². The Bertz CT molecular complexity index is 569. The highest BCUT2D eigenvalue weighted by Gasteiger charge is 2.15. The minimum Gasteiger partial charge on any atom is -0.454 e. The first-order valence-corrected chi connectivity index (χ1v) is 6.41. The molecule has 0 bridgehead atoms. The van der Waals surface area contributed by atoms with Gasteiger partial charge in [0.05, 0.1) is 5.56 Å². The van der Waals surface area contributed by atoms with Crippen molar-refractivity contribution in [1.82, 2.24) is 4.98 Å². The number of H-pyrrole nitrogens is 1. The summed E-state index contributed by atoms with van der Waals surface area (Å²) in [4.78, 5) is 26.5. The molecular formula is C13H13NO3S. The van der Waals surface area contributed by atoms with Gasteiger partial charge in [-0.05, 0) is 31.4 Å². The monoisotopic (exact) mass is 263 g/mol. The zero-order valence-corrected chi connectivity index (χ0v) is 11.0. The van der Waals surface area contributed by atoms with Crippen LogP contribution < -0.4 is 0 Å². The van der Waals surface area contributed by atoms with Crippen LogP contribution in [-0.4, -0.2) is 23.3 Å². The minimum atomic E-state index is -0.463. The quantitative estimate of drug-likeness (QED) is 0.681. The highest BCUT2D eigenvalue weighted by molar-refractivity contribution is 7.08. The predicted octanol–water partition coefficient (Wildman–Crippen LogP) is 2.73. The Kier molecular flexibility index (Phi) is 3.62. The highest BCUT2D eigenvalue weighted by Crippen LogP contribution is 2.11. The second kappa shape index (κ2) is 5.18. The van der Waals surface area contributed by atoms with Crippen molar-refractivity contribution in [3.8, 4) is 0 Å². The van der Waals surface area contributed by atoms with Crippen LogP contribution in [0.1, 0.15) is 32.1 Å². The first kappa shape index (κ1) is 12.6. The van der Waals surface area contributed by atoms with E-state index in [0.717, 1.165) is 11.4 Å². The molecule has 0 radical (unpaired) electrons. The third kappa shape index (κ3) is 2.68. The number of Topliss-reactive ketones (excluding diaryl/α,β-unsaturated/α-hetero) is 1. The van der Waals surface area contributed by atoms with Crippen molar-refractivity contribution in [3.63, 3.8) is 0 Å². The Balaban J connectivity index is 1.97. The van der Waals surface area contributed by atoms with Gasteiger partial charge in [-0.15, -0.1) is 0 Å². The van der Waals surface area contributed by atoms with E-state index in [1.165, 1.54) is 11.3 Å². The average molecular weight is 263 g/mol. The van der Waals surface area contributed by atoms with Gasteiger partial charge in [0.25, 0.3) is 0 Å². The van der Waals surface area contributed by atoms with E-state index < -0.39 is 5.97 Å². The van der Waals surface area contributed by atoms with Crippen molar-refractivity contribution in [2.24, 2.45) is 0 Å². The lowest BCUT2D eigenvalue weighted by molar-refractivity contribution is 0.0475. The van der Waals surface area contributed by atoms with Crippen LogP contribution in [0.5, 0.6) is 0 Å². The third-order valence-electron chi connectivity index (χ3n) is 2.54. The number of carbonyl (C=O) groups is 2. The number of rotatable bonds is 4. The second-order valence-corrected chi connectivity index (χ2v) is 4.78. The summed E-state index contributed by atoms with van der Waals surface area (Å²) in [6.07, 6.45) is 0. The van der Waals surface area contributed by atoms with Gasteiger partial charge in [0.2, 0.25) is 5.78 Å². The molecule has 0 fully saturated rings. The van der Waals surface area contributed by atoms with Crippen LogP contribution in [0.15, 0.2) is 22.9 Å². The molecule has 2 rings (SSSR count). The molecule has 0 saturated carbocycles. The van der Waals surface area contributed by atoms with E-state index in [2.05, 4.69) is 4.98 Å². The van der Waals surface area contributed by atoms with Crippen LogP contribution in [0.25, 0.3) is 0 Å². The number of aryl methyl sites for hydroxylation is 2. The van der Waals surface area contributed by atoms with E-state index in [-0.39, 0.29) is 12.4 Å². The van der Waals surface area contributed by atoms with E-state index >= 15 is 0 Å². The maximum atomic E-state index is 11.9. The van der Waals surface area contributed by atoms with Gasteiger partial charge in [-0.3, -0.25) is 4.79 Å². The smallest absolute Gasteiger partial charge is 0.339 e. The fourth-order valence-corrected chi connectivity index (χ4v) is 2.31. The van der Waals surface area contributed by atoms with Crippen LogP contribution in [0.4, 0.5) is 0 Å². The summed E-state index contributed by atoms with van der Waals surface area (Å²) in [7, 11) is 0. The molecule has 0 atom stereocenters. The van der Waals surface area contributed by atoms with E-state index in [4.69, 9.17) is 4.74 Å². The molecule has 2 aromatic rings. The number of aromatic amines is 1. The molecule has 5 heteroatoms. The number of hydrogen-bond acceptors (Lipinski definition) is 4. The number of carbonyl (C=O) groups excluding carboxylic acids is 2. The SMILES string of the molecule is Cc1cc(C(=O)COC(=O)c2ccsc2)c(C)[nH]1. The molecule has 2 aromatic heterocycles. The average Bonchev–Trinajstić information content (AvgIpc) is 2.95. The lowest BCUT2D eigenvalue weighted by Gasteiger charge is -2.02. The normalized spacial score (nSPS) is 10.3. The fourth-order valence-electron chi connectivity index (χ4n) is 1.69. The number of ketones is 1. The summed E-state index contributed by atoms with van der Waals surface area (Å²) >= 11 is 1.41. The third-order valence-corrected chi connectivity index (χ3v) is 3.22. The van der Waals surface area contributed by atoms with E-state index in [0.29, 0.717) is 11.1 Å². The van der Waals surface area contributed by atoms with Crippen molar-refractivity contribution >= 4 is 23.1 Å². The van der Waals surface area contributed by atoms with Crippen LogP contribution in [0.2, 0.25) is 0 Å². The first-order chi connectivity index (χ1) is 8.58. The number of nitrogens with one attached hydrogen (secondary N) is 1. The first-order valence-electron chi connectivity index (χ1n) is 5.46. The molecule has 0 aliphatic rings. The number of hydrogen-bond donors (Lipinski definition) is 1. The van der Waals surface area contributed by atoms with Gasteiger partial charge in [-0.2, -0.15) is 11.3 Å². The maximum Gasteiger partial charge on any atom is 0.339 e. The summed E-state index contributed by atoms with van der Waals surface area (Å²) in [5.74, 6) is -0.657. The fraction of sp³-hybridized carbons (Fsp3) is 0.231. The van der Waals surface area contributed by atoms with Crippen molar-refractivity contribution < 1.29 is 14.3 Å². The Hall–Kier alpha value is -1.88. The lowest BCUT2D eigenvalue weighted by Crippen LogP contribution is -2.14. The van der Waals surface area contributed by atoms with Gasteiger partial charge in [0.15, 0.2) is 6.61 Å². The summed E-state index contributed by atoms with van der Waals surface area (Å²) in [6, 6.07) is 3.43. The van der Waals surface area contributed by atoms with Gasteiger partial charge in [-0.1, -0.05) is 0 Å². The number of thiophene rings is 1. The lowest BCUT2D eigenvalue weighted by atomic mass is 10.1. The molecule has 0 spiro atoms. The van der Waals surface area contributed by atoms with E-state index in [1.807, 2.05) is 13.8 Å². The minimum absolute atomic E-state index is 0.194. The van der Waals surface area contributed by atoms with E-state index in [1.54, 1.807) is 22.9 Å². The Morgan fingerprint density at radius 1 is 1.39 bits per heavy atom. The molecule has 1 N–H and O–H groups in total. The summed E-state index contributed by atoms with van der Waals surface area (Å²) < 4.78 is 4.97. The van der Waals surface area contributed by atoms with Gasteiger partial charge >= 0.3 is 5.97 Å². The molecule has 94 valence electrons. The molecule has 2 heterocycles. The van der Waals surface area contributed by atoms with Crippen molar-refractivity contribution in [1.29, 1.82) is 0 Å². The molecule has 0 amide bonds. The molecule has 0 aromatic carbocycles. The van der Waals surface area contributed by atoms with Crippen LogP contribution in [0, 0.1) is 13.8 Å². The molecule has 4 nitrogen and oxygen atoms in total. The maximum absolute atomic E-state index is 11.9. The topological polar surface area (TPSA) is 59.2 Å². The van der Waals surface area contributed by atoms with E-state index in [9.17, 15) is 9.59 Å². The molecule has 0 aliphatic heterocycles. The van der Waals surface area contributed by atoms with Crippen LogP contribution in [-0.2, 0) is 4.74 Å². The largest absolute Gasteiger partial charge is 0.454 e. The molecule has 18 heavy (non-hydrogen) atoms. The number of ether oxygens (including phenoxy) is 1. The summed E-state index contributed by atoms with van der Waals surface area (Å²) in [5.41, 5.74) is 2.77. The molecule has 0 unspecified atom stereocenters. The summed E-state index contributed by atoms with van der Waals surface area (Å²) in [5, 5.41) is 3.48. The van der Waals surface area contributed by atoms with Gasteiger partial charge in [0, 0.05) is 22.3 Å². The van der Waals surface area contributed by atoms with Crippen LogP contribution in [0.3, 0.4) is 0 Å². The van der Waals surface area contributed by atoms with Gasteiger partial charge in [-0.25, -0.2) is 4.79 Å². The second-order valence-electron chi connectivity index (χ2n) is 4.00. The Morgan fingerprint density at radius 3 is 2.72 bits per heavy atom. The standard InChI is InChI=1S/C13H13NO3S/c1-8-5-11(9(2)14-8)12(15)6-17-13(16)10-3-4-18-7-10/h3-5,7,14H,6H2,1-2H3. The predicted molar refractivity (Wildman–Crippen MR) is 69.2 cm³/mol. The summed E-state index contributed by atoms with van der Waals surface area (Å²) in [6.45, 7) is 3.47. The Morgan fingerprint density at radius 2 is 2.17 bits per heavy atom.